The van der Waals surface area contributed by atoms with E-state index < -0.39 is 29.4 Å². The number of hydrogen-bond acceptors (Lipinski definition) is 5. The van der Waals surface area contributed by atoms with Crippen LogP contribution in [0.3, 0.4) is 0 Å². The summed E-state index contributed by atoms with van der Waals surface area (Å²) in [7, 11) is 1.58. The molecule has 3 amide bonds. The number of nitrogens with zero attached hydrogens (tertiary/aromatic N) is 1. The minimum absolute atomic E-state index is 0.149. The van der Waals surface area contributed by atoms with Gasteiger partial charge in [-0.3, -0.25) is 19.3 Å². The van der Waals surface area contributed by atoms with Crippen molar-refractivity contribution < 1.29 is 23.5 Å². The molecule has 0 radical (unpaired) electrons. The lowest BCUT2D eigenvalue weighted by Crippen LogP contribution is -2.36. The summed E-state index contributed by atoms with van der Waals surface area (Å²) < 4.78 is 18.7. The number of imide groups is 1. The molecule has 1 fully saturated rings. The van der Waals surface area contributed by atoms with Gasteiger partial charge in [-0.2, -0.15) is 0 Å². The maximum absolute atomic E-state index is 13.3. The van der Waals surface area contributed by atoms with E-state index in [9.17, 15) is 18.8 Å². The van der Waals surface area contributed by atoms with Gasteiger partial charge in [-0.05, 0) is 53.1 Å². The first kappa shape index (κ1) is 21.9. The summed E-state index contributed by atoms with van der Waals surface area (Å²) in [6.07, 6.45) is 1.63. The van der Waals surface area contributed by atoms with Gasteiger partial charge in [0.1, 0.15) is 18.1 Å². The van der Waals surface area contributed by atoms with Crippen LogP contribution in [-0.4, -0.2) is 35.6 Å². The van der Waals surface area contributed by atoms with Crippen molar-refractivity contribution in [3.05, 3.63) is 75.9 Å². The molecule has 0 saturated carbocycles. The first-order chi connectivity index (χ1) is 15.4. The molecule has 1 aliphatic rings. The Kier molecular flexibility index (Phi) is 6.16. The summed E-state index contributed by atoms with van der Waals surface area (Å²) in [5.41, 5.74) is 1.01. The molecule has 0 aromatic heterocycles. The van der Waals surface area contributed by atoms with Crippen LogP contribution >= 0.6 is 23.4 Å². The third kappa shape index (κ3) is 4.32. The lowest BCUT2D eigenvalue weighted by atomic mass is 10.0. The Balaban J connectivity index is 1.54. The minimum atomic E-state index is -0.619. The predicted molar refractivity (Wildman–Crippen MR) is 123 cm³/mol. The molecule has 3 aromatic carbocycles. The van der Waals surface area contributed by atoms with Crippen LogP contribution in [0.25, 0.3) is 16.8 Å². The largest absolute Gasteiger partial charge is 0.496 e. The fourth-order valence-corrected chi connectivity index (χ4v) is 4.30. The zero-order valence-electron chi connectivity index (χ0n) is 16.7. The molecule has 0 aliphatic carbocycles. The van der Waals surface area contributed by atoms with Crippen molar-refractivity contribution in [3.8, 4) is 5.75 Å². The van der Waals surface area contributed by atoms with Gasteiger partial charge in [0.2, 0.25) is 5.91 Å². The van der Waals surface area contributed by atoms with E-state index in [1.807, 2.05) is 24.3 Å². The summed E-state index contributed by atoms with van der Waals surface area (Å²) in [5, 5.41) is 3.54. The molecule has 162 valence electrons. The number of carbonyl (C=O) groups excluding carboxylic acids is 3. The topological polar surface area (TPSA) is 75.7 Å². The van der Waals surface area contributed by atoms with Crippen LogP contribution in [-0.2, 0) is 9.59 Å². The Morgan fingerprint density at radius 3 is 2.62 bits per heavy atom. The highest BCUT2D eigenvalue weighted by molar-refractivity contribution is 8.18. The number of methoxy groups -OCH3 is 1. The first-order valence-electron chi connectivity index (χ1n) is 9.43. The number of rotatable bonds is 5. The second-order valence-electron chi connectivity index (χ2n) is 6.85. The van der Waals surface area contributed by atoms with E-state index in [0.29, 0.717) is 5.75 Å². The Morgan fingerprint density at radius 2 is 1.91 bits per heavy atom. The third-order valence-corrected chi connectivity index (χ3v) is 6.00. The molecule has 1 N–H and O–H groups in total. The molecule has 0 unspecified atom stereocenters. The van der Waals surface area contributed by atoms with Crippen LogP contribution in [0.15, 0.2) is 59.5 Å². The lowest BCUT2D eigenvalue weighted by Gasteiger charge is -2.12. The van der Waals surface area contributed by atoms with Gasteiger partial charge in [-0.1, -0.05) is 41.9 Å². The van der Waals surface area contributed by atoms with Crippen LogP contribution < -0.4 is 10.1 Å². The second kappa shape index (κ2) is 9.02. The molecule has 32 heavy (non-hydrogen) atoms. The number of benzene rings is 3. The molecule has 1 saturated heterocycles. The van der Waals surface area contributed by atoms with Crippen molar-refractivity contribution in [2.75, 3.05) is 19.0 Å². The monoisotopic (exact) mass is 470 g/mol. The van der Waals surface area contributed by atoms with Gasteiger partial charge in [-0.15, -0.1) is 0 Å². The van der Waals surface area contributed by atoms with Crippen molar-refractivity contribution in [1.29, 1.82) is 0 Å². The zero-order chi connectivity index (χ0) is 22.8. The number of nitrogens with one attached hydrogen (secondary N) is 1. The quantitative estimate of drug-likeness (QED) is 0.511. The van der Waals surface area contributed by atoms with Gasteiger partial charge in [0.05, 0.1) is 17.0 Å². The van der Waals surface area contributed by atoms with Crippen LogP contribution in [0.5, 0.6) is 5.75 Å². The number of fused-ring (bicyclic) bond motifs is 1. The maximum Gasteiger partial charge on any atom is 0.294 e. The van der Waals surface area contributed by atoms with Gasteiger partial charge < -0.3 is 10.1 Å². The summed E-state index contributed by atoms with van der Waals surface area (Å²) >= 11 is 6.47. The minimum Gasteiger partial charge on any atom is -0.496 e. The Bertz CT molecular complexity index is 1290. The first-order valence-corrected chi connectivity index (χ1v) is 10.6. The summed E-state index contributed by atoms with van der Waals surface area (Å²) in [6.45, 7) is -0.472. The molecule has 6 nitrogen and oxygen atoms in total. The van der Waals surface area contributed by atoms with Crippen LogP contribution in [0.4, 0.5) is 14.9 Å². The predicted octanol–water partition coefficient (Wildman–Crippen LogP) is 5.32. The van der Waals surface area contributed by atoms with E-state index in [0.717, 1.165) is 39.1 Å². The van der Waals surface area contributed by atoms with Crippen LogP contribution in [0.2, 0.25) is 5.02 Å². The summed E-state index contributed by atoms with van der Waals surface area (Å²) in [4.78, 5) is 38.6. The van der Waals surface area contributed by atoms with E-state index >= 15 is 0 Å². The Labute approximate surface area is 192 Å². The van der Waals surface area contributed by atoms with Gasteiger partial charge in [0, 0.05) is 11.1 Å². The molecule has 1 aliphatic heterocycles. The van der Waals surface area contributed by atoms with Gasteiger partial charge in [-0.25, -0.2) is 4.39 Å². The SMILES string of the molecule is COc1ccc(/C=C2/SC(=O)N(CC(=O)Nc3ccc(F)c(Cl)c3)C2=O)c2ccccc12. The fraction of sp³-hybridized carbons (Fsp3) is 0.0870. The van der Waals surface area contributed by atoms with Gasteiger partial charge in [0.15, 0.2) is 0 Å². The number of carbonyl (C=O) groups is 3. The van der Waals surface area contributed by atoms with Gasteiger partial charge >= 0.3 is 0 Å². The number of halogens is 2. The van der Waals surface area contributed by atoms with E-state index in [1.54, 1.807) is 25.3 Å². The number of ether oxygens (including phenoxy) is 1. The zero-order valence-corrected chi connectivity index (χ0v) is 18.3. The summed E-state index contributed by atoms with van der Waals surface area (Å²) in [6, 6.07) is 14.9. The van der Waals surface area contributed by atoms with Crippen molar-refractivity contribution in [2.45, 2.75) is 0 Å². The average Bonchev–Trinajstić information content (AvgIpc) is 3.04. The smallest absolute Gasteiger partial charge is 0.294 e. The third-order valence-electron chi connectivity index (χ3n) is 4.80. The number of amides is 3. The Hall–Kier alpha value is -3.36. The summed E-state index contributed by atoms with van der Waals surface area (Å²) in [5.74, 6) is -1.09. The molecule has 9 heteroatoms. The molecular formula is C23H16ClFN2O4S. The number of hydrogen-bond donors (Lipinski definition) is 1. The highest BCUT2D eigenvalue weighted by Gasteiger charge is 2.36. The standard InChI is InChI=1S/C23H16ClFN2O4S/c1-31-19-9-6-13(15-4-2-3-5-16(15)19)10-20-22(29)27(23(30)32-20)12-21(28)26-14-7-8-18(25)17(24)11-14/h2-11H,12H2,1H3,(H,26,28)/b20-10+. The molecule has 0 spiro atoms. The van der Waals surface area contributed by atoms with Crippen LogP contribution in [0.1, 0.15) is 5.56 Å². The van der Waals surface area contributed by atoms with Gasteiger partial charge in [0.25, 0.3) is 11.1 Å². The molecular weight excluding hydrogens is 455 g/mol. The highest BCUT2D eigenvalue weighted by atomic mass is 35.5. The van der Waals surface area contributed by atoms with E-state index in [-0.39, 0.29) is 15.6 Å². The number of thioether (sulfide) groups is 1. The van der Waals surface area contributed by atoms with Crippen molar-refractivity contribution >= 4 is 63.0 Å². The van der Waals surface area contributed by atoms with Crippen molar-refractivity contribution in [3.63, 3.8) is 0 Å². The second-order valence-corrected chi connectivity index (χ2v) is 8.25. The average molecular weight is 471 g/mol. The normalized spacial score (nSPS) is 15.0. The number of anilines is 1. The molecule has 3 aromatic rings. The van der Waals surface area contributed by atoms with Crippen LogP contribution in [0, 0.1) is 5.82 Å². The van der Waals surface area contributed by atoms with E-state index in [1.165, 1.54) is 12.1 Å². The molecule has 4 rings (SSSR count). The maximum atomic E-state index is 13.3. The van der Waals surface area contributed by atoms with Crippen molar-refractivity contribution in [2.24, 2.45) is 0 Å². The Morgan fingerprint density at radius 1 is 1.16 bits per heavy atom. The van der Waals surface area contributed by atoms with E-state index in [4.69, 9.17) is 16.3 Å². The molecule has 0 bridgehead atoms. The van der Waals surface area contributed by atoms with Crippen molar-refractivity contribution in [1.82, 2.24) is 4.90 Å². The highest BCUT2D eigenvalue weighted by Crippen LogP contribution is 2.35. The van der Waals surface area contributed by atoms with E-state index in [2.05, 4.69) is 5.32 Å². The molecule has 1 heterocycles. The lowest BCUT2D eigenvalue weighted by molar-refractivity contribution is -0.127. The fourth-order valence-electron chi connectivity index (χ4n) is 3.29. The molecule has 0 atom stereocenters.